The quantitative estimate of drug-likeness (QED) is 0.848. The number of rotatable bonds is 4. The summed E-state index contributed by atoms with van der Waals surface area (Å²) in [7, 11) is 0. The van der Waals surface area contributed by atoms with Crippen molar-refractivity contribution in [2.75, 3.05) is 29.9 Å². The second-order valence-electron chi connectivity index (χ2n) is 6.89. The highest BCUT2D eigenvalue weighted by molar-refractivity contribution is 6.22. The first-order valence-electron chi connectivity index (χ1n) is 9.23. The van der Waals surface area contributed by atoms with Gasteiger partial charge in [0.2, 0.25) is 5.91 Å². The Balaban J connectivity index is 1.43. The fourth-order valence-electron chi connectivity index (χ4n) is 3.66. The van der Waals surface area contributed by atoms with E-state index >= 15 is 0 Å². The summed E-state index contributed by atoms with van der Waals surface area (Å²) in [4.78, 5) is 40.5. The van der Waals surface area contributed by atoms with E-state index < -0.39 is 11.8 Å². The summed E-state index contributed by atoms with van der Waals surface area (Å²) >= 11 is 0. The molecule has 0 radical (unpaired) electrons. The van der Waals surface area contributed by atoms with Crippen LogP contribution in [0.4, 0.5) is 11.4 Å². The molecule has 138 valence electrons. The smallest absolute Gasteiger partial charge is 0.262 e. The van der Waals surface area contributed by atoms with Crippen LogP contribution in [0.25, 0.3) is 0 Å². The average molecular weight is 363 g/mol. The summed E-state index contributed by atoms with van der Waals surface area (Å²) in [6, 6.07) is 14.3. The summed E-state index contributed by atoms with van der Waals surface area (Å²) in [5.41, 5.74) is 2.44. The summed E-state index contributed by atoms with van der Waals surface area (Å²) in [6.07, 6.45) is 3.61. The number of hydrogen-bond acceptors (Lipinski definition) is 4. The summed E-state index contributed by atoms with van der Waals surface area (Å²) < 4.78 is 0. The topological polar surface area (TPSA) is 69.7 Å². The summed E-state index contributed by atoms with van der Waals surface area (Å²) in [5, 5.41) is 2.80. The Labute approximate surface area is 157 Å². The molecule has 4 rings (SSSR count). The standard InChI is InChI=1S/C21H21N3O3/c25-19(14-24-20(26)17-9-2-3-10-18(17)21(24)27)22-15-7-6-8-16(13-15)23-11-4-1-5-12-23/h2-3,6-10,13H,1,4-5,11-12,14H2,(H,22,25). The van der Waals surface area contributed by atoms with Gasteiger partial charge < -0.3 is 10.2 Å². The van der Waals surface area contributed by atoms with Gasteiger partial charge in [0.05, 0.1) is 11.1 Å². The van der Waals surface area contributed by atoms with Crippen LogP contribution in [0.1, 0.15) is 40.0 Å². The van der Waals surface area contributed by atoms with Gasteiger partial charge in [-0.25, -0.2) is 0 Å². The molecule has 0 aromatic heterocycles. The highest BCUT2D eigenvalue weighted by Gasteiger charge is 2.36. The molecule has 2 heterocycles. The fraction of sp³-hybridized carbons (Fsp3) is 0.286. The molecule has 0 spiro atoms. The zero-order valence-electron chi connectivity index (χ0n) is 15.0. The molecule has 6 heteroatoms. The summed E-state index contributed by atoms with van der Waals surface area (Å²) in [5.74, 6) is -1.24. The van der Waals surface area contributed by atoms with Crippen LogP contribution in [0, 0.1) is 0 Å². The molecule has 1 saturated heterocycles. The highest BCUT2D eigenvalue weighted by atomic mass is 16.2. The molecule has 6 nitrogen and oxygen atoms in total. The lowest BCUT2D eigenvalue weighted by molar-refractivity contribution is -0.116. The minimum absolute atomic E-state index is 0.291. The molecule has 1 N–H and O–H groups in total. The third-order valence-corrected chi connectivity index (χ3v) is 5.03. The van der Waals surface area contributed by atoms with Gasteiger partial charge in [0.25, 0.3) is 11.8 Å². The Hall–Kier alpha value is -3.15. The predicted molar refractivity (Wildman–Crippen MR) is 103 cm³/mol. The van der Waals surface area contributed by atoms with E-state index in [-0.39, 0.29) is 12.5 Å². The van der Waals surface area contributed by atoms with Crippen LogP contribution in [0.5, 0.6) is 0 Å². The van der Waals surface area contributed by atoms with Crippen molar-refractivity contribution in [2.24, 2.45) is 0 Å². The van der Waals surface area contributed by atoms with Crippen LogP contribution in [0.2, 0.25) is 0 Å². The minimum atomic E-state index is -0.423. The largest absolute Gasteiger partial charge is 0.371 e. The minimum Gasteiger partial charge on any atom is -0.371 e. The lowest BCUT2D eigenvalue weighted by atomic mass is 10.1. The van der Waals surface area contributed by atoms with Crippen LogP contribution in [0.3, 0.4) is 0 Å². The molecular formula is C21H21N3O3. The Bertz CT molecular complexity index is 868. The van der Waals surface area contributed by atoms with Crippen LogP contribution >= 0.6 is 0 Å². The molecule has 27 heavy (non-hydrogen) atoms. The van der Waals surface area contributed by atoms with Crippen molar-refractivity contribution in [3.05, 3.63) is 59.7 Å². The number of imide groups is 1. The Morgan fingerprint density at radius 2 is 1.56 bits per heavy atom. The highest BCUT2D eigenvalue weighted by Crippen LogP contribution is 2.24. The second-order valence-corrected chi connectivity index (χ2v) is 6.89. The third kappa shape index (κ3) is 3.43. The zero-order valence-corrected chi connectivity index (χ0v) is 15.0. The molecule has 0 atom stereocenters. The van der Waals surface area contributed by atoms with Crippen LogP contribution in [-0.4, -0.2) is 42.3 Å². The SMILES string of the molecule is O=C(CN1C(=O)c2ccccc2C1=O)Nc1cccc(N2CCCCC2)c1. The third-order valence-electron chi connectivity index (χ3n) is 5.03. The number of hydrogen-bond donors (Lipinski definition) is 1. The van der Waals surface area contributed by atoms with E-state index in [0.29, 0.717) is 16.8 Å². The number of piperidine rings is 1. The molecule has 2 aromatic rings. The normalized spacial score (nSPS) is 16.4. The van der Waals surface area contributed by atoms with Crippen LogP contribution < -0.4 is 10.2 Å². The number of benzene rings is 2. The number of amides is 3. The van der Waals surface area contributed by atoms with E-state index in [9.17, 15) is 14.4 Å². The molecular weight excluding hydrogens is 342 g/mol. The van der Waals surface area contributed by atoms with E-state index in [4.69, 9.17) is 0 Å². The van der Waals surface area contributed by atoms with Gasteiger partial charge in [-0.3, -0.25) is 19.3 Å². The van der Waals surface area contributed by atoms with Crippen molar-refractivity contribution in [3.63, 3.8) is 0 Å². The first-order valence-corrected chi connectivity index (χ1v) is 9.23. The lowest BCUT2D eigenvalue weighted by Gasteiger charge is -2.29. The Morgan fingerprint density at radius 1 is 0.889 bits per heavy atom. The van der Waals surface area contributed by atoms with Gasteiger partial charge in [0, 0.05) is 24.5 Å². The predicted octanol–water partition coefficient (Wildman–Crippen LogP) is 2.91. The van der Waals surface area contributed by atoms with Crippen molar-refractivity contribution in [1.29, 1.82) is 0 Å². The van der Waals surface area contributed by atoms with Gasteiger partial charge in [0.15, 0.2) is 0 Å². The van der Waals surface area contributed by atoms with Gasteiger partial charge in [-0.1, -0.05) is 18.2 Å². The van der Waals surface area contributed by atoms with E-state index in [1.165, 1.54) is 19.3 Å². The molecule has 3 amide bonds. The first-order chi connectivity index (χ1) is 13.1. The molecule has 2 aliphatic heterocycles. The number of anilines is 2. The maximum absolute atomic E-state index is 12.4. The second kappa shape index (κ2) is 7.23. The first kappa shape index (κ1) is 17.3. The number of nitrogens with one attached hydrogen (secondary N) is 1. The van der Waals surface area contributed by atoms with Crippen molar-refractivity contribution in [1.82, 2.24) is 4.90 Å². The lowest BCUT2D eigenvalue weighted by Crippen LogP contribution is -2.37. The molecule has 2 aliphatic rings. The zero-order chi connectivity index (χ0) is 18.8. The van der Waals surface area contributed by atoms with Crippen molar-refractivity contribution in [2.45, 2.75) is 19.3 Å². The Kier molecular flexibility index (Phi) is 4.62. The number of carbonyl (C=O) groups excluding carboxylic acids is 3. The molecule has 0 saturated carbocycles. The molecule has 2 aromatic carbocycles. The van der Waals surface area contributed by atoms with E-state index in [1.807, 2.05) is 24.3 Å². The summed E-state index contributed by atoms with van der Waals surface area (Å²) in [6.45, 7) is 1.75. The molecule has 0 aliphatic carbocycles. The fourth-order valence-corrected chi connectivity index (χ4v) is 3.66. The molecule has 0 bridgehead atoms. The molecule has 0 unspecified atom stereocenters. The van der Waals surface area contributed by atoms with Gasteiger partial charge in [-0.2, -0.15) is 0 Å². The van der Waals surface area contributed by atoms with Crippen LogP contribution in [0.15, 0.2) is 48.5 Å². The monoisotopic (exact) mass is 363 g/mol. The van der Waals surface area contributed by atoms with Crippen molar-refractivity contribution < 1.29 is 14.4 Å². The van der Waals surface area contributed by atoms with Gasteiger partial charge in [0.1, 0.15) is 6.54 Å². The van der Waals surface area contributed by atoms with Crippen molar-refractivity contribution >= 4 is 29.1 Å². The van der Waals surface area contributed by atoms with E-state index in [2.05, 4.69) is 10.2 Å². The van der Waals surface area contributed by atoms with Gasteiger partial charge >= 0.3 is 0 Å². The Morgan fingerprint density at radius 3 is 2.22 bits per heavy atom. The van der Waals surface area contributed by atoms with E-state index in [1.54, 1.807) is 24.3 Å². The number of fused-ring (bicyclic) bond motifs is 1. The maximum atomic E-state index is 12.4. The van der Waals surface area contributed by atoms with Crippen LogP contribution in [-0.2, 0) is 4.79 Å². The van der Waals surface area contributed by atoms with Crippen molar-refractivity contribution in [3.8, 4) is 0 Å². The maximum Gasteiger partial charge on any atom is 0.262 e. The number of carbonyl (C=O) groups is 3. The van der Waals surface area contributed by atoms with Gasteiger partial charge in [-0.05, 0) is 49.6 Å². The van der Waals surface area contributed by atoms with E-state index in [0.717, 1.165) is 23.7 Å². The average Bonchev–Trinajstić information content (AvgIpc) is 2.94. The molecule has 1 fully saturated rings. The number of nitrogens with zero attached hydrogens (tertiary/aromatic N) is 2. The van der Waals surface area contributed by atoms with Gasteiger partial charge in [-0.15, -0.1) is 0 Å².